The van der Waals surface area contributed by atoms with E-state index in [2.05, 4.69) is 6.07 Å². The Morgan fingerprint density at radius 3 is 2.54 bits per heavy atom. The van der Waals surface area contributed by atoms with Crippen LogP contribution in [0, 0.1) is 17.1 Å². The minimum Gasteiger partial charge on any atom is -0.488 e. The van der Waals surface area contributed by atoms with E-state index in [1.54, 1.807) is 30.3 Å². The third-order valence-electron chi connectivity index (χ3n) is 3.60. The summed E-state index contributed by atoms with van der Waals surface area (Å²) < 4.78 is 20.0. The molecule has 0 aliphatic rings. The summed E-state index contributed by atoms with van der Waals surface area (Å²) in [5.74, 6) is -0.0730. The number of hydrogen-bond donors (Lipinski definition) is 0. The highest BCUT2D eigenvalue weighted by Crippen LogP contribution is 2.31. The highest BCUT2D eigenvalue weighted by molar-refractivity contribution is 6.31. The maximum Gasteiger partial charge on any atom is 0.149 e. The van der Waals surface area contributed by atoms with Gasteiger partial charge >= 0.3 is 0 Å². The zero-order valence-corrected chi connectivity index (χ0v) is 13.4. The van der Waals surface area contributed by atoms with Crippen molar-refractivity contribution in [2.24, 2.45) is 0 Å². The summed E-state index contributed by atoms with van der Waals surface area (Å²) in [5.41, 5.74) is 2.37. The molecule has 0 radical (unpaired) electrons. The van der Waals surface area contributed by atoms with Crippen LogP contribution in [0.25, 0.3) is 11.1 Å². The predicted octanol–water partition coefficient (Wildman–Crippen LogP) is 5.60. The van der Waals surface area contributed by atoms with E-state index < -0.39 is 5.82 Å². The third-order valence-corrected chi connectivity index (χ3v) is 3.89. The van der Waals surface area contributed by atoms with Crippen molar-refractivity contribution in [1.82, 2.24) is 0 Å². The fraction of sp³-hybridized carbons (Fsp3) is 0.0500. The first-order chi connectivity index (χ1) is 11.7. The first-order valence-electron chi connectivity index (χ1n) is 7.34. The van der Waals surface area contributed by atoms with Gasteiger partial charge in [-0.05, 0) is 29.3 Å². The second kappa shape index (κ2) is 7.16. The number of halogens is 2. The van der Waals surface area contributed by atoms with Crippen molar-refractivity contribution in [3.8, 4) is 22.9 Å². The van der Waals surface area contributed by atoms with Crippen LogP contribution in [0.1, 0.15) is 11.1 Å². The van der Waals surface area contributed by atoms with Crippen LogP contribution in [0.3, 0.4) is 0 Å². The second-order valence-corrected chi connectivity index (χ2v) is 5.61. The molecule has 0 N–H and O–H groups in total. The first-order valence-corrected chi connectivity index (χ1v) is 7.72. The second-order valence-electron chi connectivity index (χ2n) is 5.20. The molecule has 0 amide bonds. The van der Waals surface area contributed by atoms with Crippen LogP contribution in [0.4, 0.5) is 4.39 Å². The minimum absolute atomic E-state index is 0.0589. The van der Waals surface area contributed by atoms with E-state index in [4.69, 9.17) is 16.3 Å². The maximum absolute atomic E-state index is 14.2. The SMILES string of the molecule is N#Cc1ccc(-c2cccc(Cl)c2F)cc1OCc1ccccc1. The standard InChI is InChI=1S/C20H13ClFNO/c21-18-8-4-7-17(20(18)22)15-9-10-16(12-23)19(11-15)24-13-14-5-2-1-3-6-14/h1-11H,13H2. The van der Waals surface area contributed by atoms with E-state index >= 15 is 0 Å². The fourth-order valence-electron chi connectivity index (χ4n) is 2.36. The molecule has 0 aliphatic carbocycles. The third kappa shape index (κ3) is 3.40. The Hall–Kier alpha value is -2.83. The molecule has 24 heavy (non-hydrogen) atoms. The van der Waals surface area contributed by atoms with Gasteiger partial charge in [0.1, 0.15) is 24.2 Å². The first kappa shape index (κ1) is 16.0. The number of ether oxygens (including phenoxy) is 1. The lowest BCUT2D eigenvalue weighted by atomic mass is 10.0. The van der Waals surface area contributed by atoms with Gasteiger partial charge < -0.3 is 4.74 Å². The summed E-state index contributed by atoms with van der Waals surface area (Å²) in [6, 6.07) is 21.5. The van der Waals surface area contributed by atoms with Gasteiger partial charge in [0.25, 0.3) is 0 Å². The number of rotatable bonds is 4. The summed E-state index contributed by atoms with van der Waals surface area (Å²) in [7, 11) is 0. The molecule has 0 unspecified atom stereocenters. The van der Waals surface area contributed by atoms with Gasteiger partial charge in [0.05, 0.1) is 10.6 Å². The van der Waals surface area contributed by atoms with Gasteiger partial charge in [0.2, 0.25) is 0 Å². The molecular weight excluding hydrogens is 325 g/mol. The van der Waals surface area contributed by atoms with Crippen LogP contribution in [0.2, 0.25) is 5.02 Å². The average molecular weight is 338 g/mol. The maximum atomic E-state index is 14.2. The van der Waals surface area contributed by atoms with E-state index in [-0.39, 0.29) is 5.02 Å². The van der Waals surface area contributed by atoms with Gasteiger partial charge in [-0.1, -0.05) is 60.1 Å². The number of nitriles is 1. The van der Waals surface area contributed by atoms with Crippen molar-refractivity contribution in [2.75, 3.05) is 0 Å². The molecule has 0 aliphatic heterocycles. The molecule has 0 spiro atoms. The van der Waals surface area contributed by atoms with Gasteiger partial charge in [0, 0.05) is 5.56 Å². The minimum atomic E-state index is -0.488. The Kier molecular flexibility index (Phi) is 4.79. The van der Waals surface area contributed by atoms with E-state index in [9.17, 15) is 9.65 Å². The van der Waals surface area contributed by atoms with Crippen molar-refractivity contribution in [3.05, 3.63) is 88.7 Å². The largest absolute Gasteiger partial charge is 0.488 e. The molecule has 2 nitrogen and oxygen atoms in total. The quantitative estimate of drug-likeness (QED) is 0.621. The predicted molar refractivity (Wildman–Crippen MR) is 92.3 cm³/mol. The molecule has 0 atom stereocenters. The van der Waals surface area contributed by atoms with E-state index in [0.717, 1.165) is 5.56 Å². The molecule has 0 saturated carbocycles. The molecule has 0 aromatic heterocycles. The Morgan fingerprint density at radius 1 is 1.00 bits per heavy atom. The highest BCUT2D eigenvalue weighted by atomic mass is 35.5. The smallest absolute Gasteiger partial charge is 0.149 e. The van der Waals surface area contributed by atoms with Crippen LogP contribution >= 0.6 is 11.6 Å². The summed E-state index contributed by atoms with van der Waals surface area (Å²) >= 11 is 5.84. The molecule has 3 aromatic carbocycles. The van der Waals surface area contributed by atoms with Gasteiger partial charge in [-0.3, -0.25) is 0 Å². The van der Waals surface area contributed by atoms with Gasteiger partial charge in [-0.2, -0.15) is 5.26 Å². The van der Waals surface area contributed by atoms with E-state index in [1.165, 1.54) is 6.07 Å². The van der Waals surface area contributed by atoms with Crippen molar-refractivity contribution >= 4 is 11.6 Å². The molecule has 0 saturated heterocycles. The van der Waals surface area contributed by atoms with Crippen molar-refractivity contribution in [3.63, 3.8) is 0 Å². The molecule has 0 bridgehead atoms. The summed E-state index contributed by atoms with van der Waals surface area (Å²) in [5, 5.41) is 9.31. The fourth-order valence-corrected chi connectivity index (χ4v) is 2.54. The zero-order chi connectivity index (χ0) is 16.9. The lowest BCUT2D eigenvalue weighted by molar-refractivity contribution is 0.305. The Bertz CT molecular complexity index is 903. The van der Waals surface area contributed by atoms with Crippen molar-refractivity contribution in [2.45, 2.75) is 6.61 Å². The van der Waals surface area contributed by atoms with Gasteiger partial charge in [0.15, 0.2) is 0 Å². The lowest BCUT2D eigenvalue weighted by Crippen LogP contribution is -1.98. The summed E-state index contributed by atoms with van der Waals surface area (Å²) in [6.45, 7) is 0.330. The Balaban J connectivity index is 1.94. The zero-order valence-electron chi connectivity index (χ0n) is 12.7. The number of benzene rings is 3. The van der Waals surface area contributed by atoms with Crippen molar-refractivity contribution < 1.29 is 9.13 Å². The number of hydrogen-bond acceptors (Lipinski definition) is 2. The van der Waals surface area contributed by atoms with Crippen LogP contribution in [0.15, 0.2) is 66.7 Å². The van der Waals surface area contributed by atoms with E-state index in [1.807, 2.05) is 30.3 Å². The van der Waals surface area contributed by atoms with E-state index in [0.29, 0.717) is 29.0 Å². The molecule has 0 fully saturated rings. The molecule has 3 aromatic rings. The van der Waals surface area contributed by atoms with Gasteiger partial charge in [-0.25, -0.2) is 4.39 Å². The Labute approximate surface area is 144 Å². The van der Waals surface area contributed by atoms with Crippen molar-refractivity contribution in [1.29, 1.82) is 5.26 Å². The Morgan fingerprint density at radius 2 is 1.79 bits per heavy atom. The molecule has 4 heteroatoms. The van der Waals surface area contributed by atoms with Crippen LogP contribution in [-0.2, 0) is 6.61 Å². The van der Waals surface area contributed by atoms with Crippen LogP contribution in [0.5, 0.6) is 5.75 Å². The van der Waals surface area contributed by atoms with Gasteiger partial charge in [-0.15, -0.1) is 0 Å². The van der Waals surface area contributed by atoms with Crippen LogP contribution < -0.4 is 4.74 Å². The van der Waals surface area contributed by atoms with Crippen LogP contribution in [-0.4, -0.2) is 0 Å². The topological polar surface area (TPSA) is 33.0 Å². The molecule has 118 valence electrons. The molecule has 3 rings (SSSR count). The number of nitrogens with zero attached hydrogens (tertiary/aromatic N) is 1. The molecule has 0 heterocycles. The highest BCUT2D eigenvalue weighted by Gasteiger charge is 2.12. The normalized spacial score (nSPS) is 10.2. The molecular formula is C20H13ClFNO. The average Bonchev–Trinajstić information content (AvgIpc) is 2.63. The monoisotopic (exact) mass is 337 g/mol. The summed E-state index contributed by atoms with van der Waals surface area (Å²) in [4.78, 5) is 0. The summed E-state index contributed by atoms with van der Waals surface area (Å²) in [6.07, 6.45) is 0. The lowest BCUT2D eigenvalue weighted by Gasteiger charge is -2.11.